The van der Waals surface area contributed by atoms with Gasteiger partial charge in [-0.05, 0) is 50.2 Å². The summed E-state index contributed by atoms with van der Waals surface area (Å²) in [4.78, 5) is 25.2. The van der Waals surface area contributed by atoms with Gasteiger partial charge in [-0.3, -0.25) is 4.79 Å². The third-order valence-corrected chi connectivity index (χ3v) is 5.22. The molecular formula is C14H17NO3S. The molecule has 1 aromatic heterocycles. The Morgan fingerprint density at radius 2 is 1.95 bits per heavy atom. The van der Waals surface area contributed by atoms with Crippen LogP contribution in [0.4, 0.5) is 0 Å². The van der Waals surface area contributed by atoms with E-state index in [9.17, 15) is 9.59 Å². The van der Waals surface area contributed by atoms with Crippen LogP contribution in [0.3, 0.4) is 0 Å². The van der Waals surface area contributed by atoms with Crippen LogP contribution >= 0.6 is 11.3 Å². The Kier molecular flexibility index (Phi) is 3.09. The van der Waals surface area contributed by atoms with Crippen molar-refractivity contribution in [3.63, 3.8) is 0 Å². The minimum atomic E-state index is -0.988. The summed E-state index contributed by atoms with van der Waals surface area (Å²) in [6.45, 7) is 0. The molecule has 2 N–H and O–H groups in total. The maximum Gasteiger partial charge on any atom is 0.329 e. The van der Waals surface area contributed by atoms with Gasteiger partial charge in [-0.1, -0.05) is 6.42 Å². The summed E-state index contributed by atoms with van der Waals surface area (Å²) in [6, 6.07) is 1.96. The third-order valence-electron chi connectivity index (χ3n) is 3.98. The Morgan fingerprint density at radius 1 is 1.21 bits per heavy atom. The molecule has 0 saturated heterocycles. The van der Waals surface area contributed by atoms with Gasteiger partial charge in [0.1, 0.15) is 5.54 Å². The quantitative estimate of drug-likeness (QED) is 0.835. The molecule has 0 bridgehead atoms. The first-order valence-electron chi connectivity index (χ1n) is 6.78. The van der Waals surface area contributed by atoms with Crippen molar-refractivity contribution >= 4 is 23.2 Å². The van der Waals surface area contributed by atoms with Gasteiger partial charge in [-0.25, -0.2) is 4.79 Å². The molecule has 1 saturated carbocycles. The summed E-state index contributed by atoms with van der Waals surface area (Å²) in [7, 11) is 0. The second-order valence-electron chi connectivity index (χ2n) is 5.46. The topological polar surface area (TPSA) is 66.4 Å². The molecule has 1 aromatic rings. The third kappa shape index (κ3) is 2.39. The SMILES string of the molecule is O=C(NC1(C(=O)O)CC1)c1cc2c(s1)CCCCC2. The molecule has 1 amide bonds. The van der Waals surface area contributed by atoms with Crippen molar-refractivity contribution < 1.29 is 14.7 Å². The molecule has 4 nitrogen and oxygen atoms in total. The number of rotatable bonds is 3. The van der Waals surface area contributed by atoms with E-state index < -0.39 is 11.5 Å². The van der Waals surface area contributed by atoms with Crippen molar-refractivity contribution in [2.24, 2.45) is 0 Å². The van der Waals surface area contributed by atoms with E-state index in [-0.39, 0.29) is 5.91 Å². The lowest BCUT2D eigenvalue weighted by molar-refractivity contribution is -0.140. The molecule has 0 radical (unpaired) electrons. The van der Waals surface area contributed by atoms with Crippen molar-refractivity contribution in [3.05, 3.63) is 21.4 Å². The van der Waals surface area contributed by atoms with Crippen molar-refractivity contribution in [1.29, 1.82) is 0 Å². The van der Waals surface area contributed by atoms with Gasteiger partial charge in [-0.2, -0.15) is 0 Å². The van der Waals surface area contributed by atoms with E-state index >= 15 is 0 Å². The Morgan fingerprint density at radius 3 is 2.63 bits per heavy atom. The molecule has 0 unspecified atom stereocenters. The van der Waals surface area contributed by atoms with Crippen LogP contribution in [0, 0.1) is 0 Å². The second kappa shape index (κ2) is 4.63. The highest BCUT2D eigenvalue weighted by molar-refractivity contribution is 7.14. The van der Waals surface area contributed by atoms with E-state index in [0.29, 0.717) is 17.7 Å². The number of carbonyl (C=O) groups excluding carboxylic acids is 1. The molecule has 2 aliphatic carbocycles. The first-order valence-corrected chi connectivity index (χ1v) is 7.60. The van der Waals surface area contributed by atoms with Gasteiger partial charge >= 0.3 is 5.97 Å². The molecule has 19 heavy (non-hydrogen) atoms. The zero-order valence-electron chi connectivity index (χ0n) is 10.7. The van der Waals surface area contributed by atoms with Crippen LogP contribution in [0.25, 0.3) is 0 Å². The van der Waals surface area contributed by atoms with Crippen molar-refractivity contribution in [2.75, 3.05) is 0 Å². The van der Waals surface area contributed by atoms with E-state index in [2.05, 4.69) is 5.32 Å². The van der Waals surface area contributed by atoms with Crippen molar-refractivity contribution in [2.45, 2.75) is 50.5 Å². The van der Waals surface area contributed by atoms with Gasteiger partial charge in [0, 0.05) is 4.88 Å². The fraction of sp³-hybridized carbons (Fsp3) is 0.571. The number of fused-ring (bicyclic) bond motifs is 1. The van der Waals surface area contributed by atoms with E-state index in [0.717, 1.165) is 12.8 Å². The fourth-order valence-corrected chi connectivity index (χ4v) is 3.72. The maximum atomic E-state index is 12.1. The normalized spacial score (nSPS) is 20.2. The van der Waals surface area contributed by atoms with E-state index in [1.807, 2.05) is 6.07 Å². The number of hydrogen-bond acceptors (Lipinski definition) is 3. The summed E-state index contributed by atoms with van der Waals surface area (Å²) >= 11 is 1.53. The second-order valence-corrected chi connectivity index (χ2v) is 6.60. The van der Waals surface area contributed by atoms with E-state index in [4.69, 9.17) is 5.11 Å². The molecule has 0 atom stereocenters. The predicted octanol–water partition coefficient (Wildman–Crippen LogP) is 2.36. The maximum absolute atomic E-state index is 12.1. The molecule has 3 rings (SSSR count). The zero-order valence-corrected chi connectivity index (χ0v) is 11.5. The standard InChI is InChI=1S/C14H17NO3S/c16-12(15-14(6-7-14)13(17)18)11-8-9-4-2-1-3-5-10(9)19-11/h8H,1-7H2,(H,15,16)(H,17,18). The Bertz CT molecular complexity index is 507. The summed E-state index contributed by atoms with van der Waals surface area (Å²) in [5.74, 6) is -1.14. The average molecular weight is 279 g/mol. The van der Waals surface area contributed by atoms with Crippen LogP contribution in [-0.2, 0) is 17.6 Å². The average Bonchev–Trinajstić information content (AvgIpc) is 3.10. The Balaban J connectivity index is 1.76. The first-order chi connectivity index (χ1) is 9.11. The first kappa shape index (κ1) is 12.7. The number of hydrogen-bond donors (Lipinski definition) is 2. The minimum absolute atomic E-state index is 0.224. The number of carboxylic acids is 1. The highest BCUT2D eigenvalue weighted by atomic mass is 32.1. The van der Waals surface area contributed by atoms with Crippen LogP contribution in [0.15, 0.2) is 6.07 Å². The summed E-state index contributed by atoms with van der Waals surface area (Å²) < 4.78 is 0. The minimum Gasteiger partial charge on any atom is -0.480 e. The molecule has 0 aliphatic heterocycles. The lowest BCUT2D eigenvalue weighted by Gasteiger charge is -2.11. The van der Waals surface area contributed by atoms with Crippen LogP contribution in [0.2, 0.25) is 0 Å². The van der Waals surface area contributed by atoms with Crippen molar-refractivity contribution in [1.82, 2.24) is 5.32 Å². The number of nitrogens with one attached hydrogen (secondary N) is 1. The summed E-state index contributed by atoms with van der Waals surface area (Å²) in [5.41, 5.74) is 0.297. The largest absolute Gasteiger partial charge is 0.480 e. The summed E-state index contributed by atoms with van der Waals surface area (Å²) in [6.07, 6.45) is 6.81. The molecule has 102 valence electrons. The van der Waals surface area contributed by atoms with Crippen LogP contribution in [0.5, 0.6) is 0 Å². The van der Waals surface area contributed by atoms with Gasteiger partial charge in [0.2, 0.25) is 0 Å². The van der Waals surface area contributed by atoms with Crippen LogP contribution in [-0.4, -0.2) is 22.5 Å². The van der Waals surface area contributed by atoms with Crippen molar-refractivity contribution in [3.8, 4) is 0 Å². The lowest BCUT2D eigenvalue weighted by atomic mass is 10.1. The predicted molar refractivity (Wildman–Crippen MR) is 72.6 cm³/mol. The molecule has 0 spiro atoms. The number of aryl methyl sites for hydroxylation is 2. The number of carboxylic acid groups (broad SMARTS) is 1. The molecule has 1 fully saturated rings. The van der Waals surface area contributed by atoms with Gasteiger partial charge in [0.15, 0.2) is 0 Å². The van der Waals surface area contributed by atoms with E-state index in [1.165, 1.54) is 41.0 Å². The number of amides is 1. The highest BCUT2D eigenvalue weighted by Crippen LogP contribution is 2.36. The van der Waals surface area contributed by atoms with Crippen LogP contribution < -0.4 is 5.32 Å². The fourth-order valence-electron chi connectivity index (χ4n) is 2.58. The van der Waals surface area contributed by atoms with E-state index in [1.54, 1.807) is 0 Å². The smallest absolute Gasteiger partial charge is 0.329 e. The molecule has 5 heteroatoms. The van der Waals surface area contributed by atoms with Gasteiger partial charge in [-0.15, -0.1) is 11.3 Å². The summed E-state index contributed by atoms with van der Waals surface area (Å²) in [5, 5.41) is 11.8. The van der Waals surface area contributed by atoms with Gasteiger partial charge < -0.3 is 10.4 Å². The zero-order chi connectivity index (χ0) is 13.5. The monoisotopic (exact) mass is 279 g/mol. The van der Waals surface area contributed by atoms with Gasteiger partial charge in [0.05, 0.1) is 4.88 Å². The molecule has 1 heterocycles. The van der Waals surface area contributed by atoms with Gasteiger partial charge in [0.25, 0.3) is 5.91 Å². The lowest BCUT2D eigenvalue weighted by Crippen LogP contribution is -2.42. The Labute approximate surface area is 115 Å². The Hall–Kier alpha value is -1.36. The van der Waals surface area contributed by atoms with Crippen LogP contribution in [0.1, 0.15) is 52.2 Å². The molecule has 0 aromatic carbocycles. The number of aliphatic carboxylic acids is 1. The molecule has 2 aliphatic rings. The number of carbonyl (C=O) groups is 2. The highest BCUT2D eigenvalue weighted by Gasteiger charge is 2.51. The number of thiophene rings is 1. The molecular weight excluding hydrogens is 262 g/mol.